The van der Waals surface area contributed by atoms with Crippen molar-refractivity contribution in [3.8, 4) is 11.4 Å². The molecule has 0 aliphatic carbocycles. The average molecular weight is 374 g/mol. The molecule has 0 aliphatic rings. The van der Waals surface area contributed by atoms with Gasteiger partial charge in [0.05, 0.1) is 13.0 Å². The molecule has 0 saturated carbocycles. The number of rotatable bonds is 6. The number of aromatic nitrogens is 4. The predicted octanol–water partition coefficient (Wildman–Crippen LogP) is 2.77. The molecule has 0 atom stereocenters. The van der Waals surface area contributed by atoms with Crippen LogP contribution in [0.3, 0.4) is 0 Å². The van der Waals surface area contributed by atoms with Crippen molar-refractivity contribution < 1.29 is 9.18 Å². The van der Waals surface area contributed by atoms with Gasteiger partial charge in [-0.05, 0) is 30.7 Å². The number of hydrogen-bond donors (Lipinski definition) is 1. The molecule has 2 N–H and O–H groups in total. The summed E-state index contributed by atoms with van der Waals surface area (Å²) < 4.78 is 15.7. The number of carbonyl (C=O) groups excluding carboxylic acids is 1. The normalized spacial score (nSPS) is 10.9. The van der Waals surface area contributed by atoms with Gasteiger partial charge in [0.15, 0.2) is 11.6 Å². The molecule has 134 valence electrons. The SMILES string of the molecule is CCc1cc(-c2nc(CC(N)=O)nn2Cc2c(F)cccc2Cl)ccn1. The van der Waals surface area contributed by atoms with Crippen molar-refractivity contribution in [2.45, 2.75) is 26.3 Å². The molecule has 0 fully saturated rings. The molecule has 0 unspecified atom stereocenters. The molecule has 8 heteroatoms. The minimum Gasteiger partial charge on any atom is -0.369 e. The van der Waals surface area contributed by atoms with E-state index in [0.29, 0.717) is 16.4 Å². The first-order valence-electron chi connectivity index (χ1n) is 8.08. The number of aryl methyl sites for hydroxylation is 1. The molecule has 0 radical (unpaired) electrons. The van der Waals surface area contributed by atoms with E-state index in [9.17, 15) is 9.18 Å². The lowest BCUT2D eigenvalue weighted by molar-refractivity contribution is -0.117. The Morgan fingerprint density at radius 3 is 2.85 bits per heavy atom. The first-order chi connectivity index (χ1) is 12.5. The van der Waals surface area contributed by atoms with Crippen molar-refractivity contribution in [1.29, 1.82) is 0 Å². The summed E-state index contributed by atoms with van der Waals surface area (Å²) in [5, 5.41) is 4.62. The predicted molar refractivity (Wildman–Crippen MR) is 96.0 cm³/mol. The quantitative estimate of drug-likeness (QED) is 0.719. The molecule has 2 heterocycles. The lowest BCUT2D eigenvalue weighted by Crippen LogP contribution is -2.15. The first kappa shape index (κ1) is 18.0. The maximum absolute atomic E-state index is 14.2. The molecule has 0 bridgehead atoms. The average Bonchev–Trinajstić information content (AvgIpc) is 3.00. The van der Waals surface area contributed by atoms with Crippen molar-refractivity contribution >= 4 is 17.5 Å². The monoisotopic (exact) mass is 373 g/mol. The van der Waals surface area contributed by atoms with E-state index in [2.05, 4.69) is 15.1 Å². The fourth-order valence-electron chi connectivity index (χ4n) is 2.59. The van der Waals surface area contributed by atoms with E-state index in [0.717, 1.165) is 17.7 Å². The zero-order chi connectivity index (χ0) is 18.7. The Hall–Kier alpha value is -2.80. The zero-order valence-corrected chi connectivity index (χ0v) is 14.9. The van der Waals surface area contributed by atoms with Gasteiger partial charge in [0.2, 0.25) is 5.91 Å². The van der Waals surface area contributed by atoms with E-state index in [1.54, 1.807) is 24.4 Å². The second-order valence-corrected chi connectivity index (χ2v) is 6.15. The van der Waals surface area contributed by atoms with Crippen LogP contribution >= 0.6 is 11.6 Å². The molecule has 1 aromatic carbocycles. The van der Waals surface area contributed by atoms with Gasteiger partial charge in [-0.2, -0.15) is 5.10 Å². The number of pyridine rings is 1. The van der Waals surface area contributed by atoms with E-state index in [-0.39, 0.29) is 18.8 Å². The Bertz CT molecular complexity index is 936. The number of carbonyl (C=O) groups is 1. The van der Waals surface area contributed by atoms with Gasteiger partial charge in [0.25, 0.3) is 0 Å². The fourth-order valence-corrected chi connectivity index (χ4v) is 2.81. The van der Waals surface area contributed by atoms with Crippen LogP contribution in [-0.4, -0.2) is 25.7 Å². The largest absolute Gasteiger partial charge is 0.369 e. The van der Waals surface area contributed by atoms with Crippen LogP contribution in [0.25, 0.3) is 11.4 Å². The van der Waals surface area contributed by atoms with Crippen molar-refractivity contribution in [2.24, 2.45) is 5.73 Å². The van der Waals surface area contributed by atoms with Crippen LogP contribution in [0.1, 0.15) is 24.0 Å². The Morgan fingerprint density at radius 2 is 2.15 bits per heavy atom. The summed E-state index contributed by atoms with van der Waals surface area (Å²) in [6, 6.07) is 8.17. The Morgan fingerprint density at radius 1 is 1.35 bits per heavy atom. The molecule has 26 heavy (non-hydrogen) atoms. The Kier molecular flexibility index (Phi) is 5.27. The van der Waals surface area contributed by atoms with Crippen molar-refractivity contribution in [1.82, 2.24) is 19.7 Å². The summed E-state index contributed by atoms with van der Waals surface area (Å²) in [6.45, 7) is 2.07. The van der Waals surface area contributed by atoms with Gasteiger partial charge < -0.3 is 5.73 Å². The summed E-state index contributed by atoms with van der Waals surface area (Å²) in [6.07, 6.45) is 2.34. The molecule has 0 spiro atoms. The standard InChI is InChI=1S/C18H17ClFN5O/c1-2-12-8-11(6-7-22-12)18-23-17(9-16(21)26)24-25(18)10-13-14(19)4-3-5-15(13)20/h3-8H,2,9-10H2,1H3,(H2,21,26). The lowest BCUT2D eigenvalue weighted by atomic mass is 10.1. The smallest absolute Gasteiger partial charge is 0.225 e. The van der Waals surface area contributed by atoms with Gasteiger partial charge in [-0.3, -0.25) is 9.78 Å². The minimum absolute atomic E-state index is 0.0797. The first-order valence-corrected chi connectivity index (χ1v) is 8.46. The number of nitrogens with zero attached hydrogens (tertiary/aromatic N) is 4. The molecule has 3 rings (SSSR count). The van der Waals surface area contributed by atoms with Crippen LogP contribution in [0.4, 0.5) is 4.39 Å². The Balaban J connectivity index is 2.07. The van der Waals surface area contributed by atoms with E-state index >= 15 is 0 Å². The summed E-state index contributed by atoms with van der Waals surface area (Å²) in [4.78, 5) is 19.9. The van der Waals surface area contributed by atoms with Gasteiger partial charge >= 0.3 is 0 Å². The molecule has 2 aromatic heterocycles. The van der Waals surface area contributed by atoms with Crippen LogP contribution < -0.4 is 5.73 Å². The number of halogens is 2. The Labute approximate surface area is 154 Å². The van der Waals surface area contributed by atoms with Gasteiger partial charge in [-0.25, -0.2) is 14.1 Å². The highest BCUT2D eigenvalue weighted by Crippen LogP contribution is 2.24. The summed E-state index contributed by atoms with van der Waals surface area (Å²) in [5.41, 5.74) is 7.21. The van der Waals surface area contributed by atoms with Gasteiger partial charge in [0.1, 0.15) is 5.82 Å². The lowest BCUT2D eigenvalue weighted by Gasteiger charge is -2.09. The third kappa shape index (κ3) is 3.88. The number of nitrogens with two attached hydrogens (primary N) is 1. The highest BCUT2D eigenvalue weighted by molar-refractivity contribution is 6.31. The van der Waals surface area contributed by atoms with E-state index < -0.39 is 11.7 Å². The molecule has 0 saturated heterocycles. The van der Waals surface area contributed by atoms with Crippen molar-refractivity contribution in [3.05, 3.63) is 64.5 Å². The summed E-state index contributed by atoms with van der Waals surface area (Å²) >= 11 is 6.13. The van der Waals surface area contributed by atoms with E-state index in [4.69, 9.17) is 17.3 Å². The third-order valence-corrected chi connectivity index (χ3v) is 4.21. The number of amides is 1. The highest BCUT2D eigenvalue weighted by Gasteiger charge is 2.17. The highest BCUT2D eigenvalue weighted by atomic mass is 35.5. The molecule has 1 amide bonds. The van der Waals surface area contributed by atoms with Crippen LogP contribution in [0.15, 0.2) is 36.5 Å². The van der Waals surface area contributed by atoms with Crippen LogP contribution in [0, 0.1) is 5.82 Å². The van der Waals surface area contributed by atoms with E-state index in [1.165, 1.54) is 10.7 Å². The molecular formula is C18H17ClFN5O. The van der Waals surface area contributed by atoms with Crippen LogP contribution in [0.5, 0.6) is 0 Å². The third-order valence-electron chi connectivity index (χ3n) is 3.85. The molecular weight excluding hydrogens is 357 g/mol. The summed E-state index contributed by atoms with van der Waals surface area (Å²) in [5.74, 6) is -0.200. The minimum atomic E-state index is -0.540. The maximum Gasteiger partial charge on any atom is 0.225 e. The van der Waals surface area contributed by atoms with Gasteiger partial charge in [-0.15, -0.1) is 0 Å². The number of benzene rings is 1. The fraction of sp³-hybridized carbons (Fsp3) is 0.222. The summed E-state index contributed by atoms with van der Waals surface area (Å²) in [7, 11) is 0. The molecule has 6 nitrogen and oxygen atoms in total. The van der Waals surface area contributed by atoms with Gasteiger partial charge in [0, 0.05) is 28.0 Å². The van der Waals surface area contributed by atoms with Crippen LogP contribution in [0.2, 0.25) is 5.02 Å². The number of primary amides is 1. The zero-order valence-electron chi connectivity index (χ0n) is 14.1. The number of hydrogen-bond acceptors (Lipinski definition) is 4. The molecule has 0 aliphatic heterocycles. The molecule has 3 aromatic rings. The maximum atomic E-state index is 14.2. The topological polar surface area (TPSA) is 86.7 Å². The van der Waals surface area contributed by atoms with Crippen molar-refractivity contribution in [3.63, 3.8) is 0 Å². The van der Waals surface area contributed by atoms with Crippen LogP contribution in [-0.2, 0) is 24.2 Å². The van der Waals surface area contributed by atoms with Crippen molar-refractivity contribution in [2.75, 3.05) is 0 Å². The second-order valence-electron chi connectivity index (χ2n) is 5.74. The van der Waals surface area contributed by atoms with E-state index in [1.807, 2.05) is 13.0 Å². The van der Waals surface area contributed by atoms with Gasteiger partial charge in [-0.1, -0.05) is 24.6 Å². The second kappa shape index (κ2) is 7.61.